The summed E-state index contributed by atoms with van der Waals surface area (Å²) in [5, 5.41) is 0. The third-order valence-electron chi connectivity index (χ3n) is 3.99. The average molecular weight is 297 g/mol. The maximum absolute atomic E-state index is 12.6. The molecular weight excluding hydrogens is 274 g/mol. The first-order valence-corrected chi connectivity index (χ1v) is 8.35. The van der Waals surface area contributed by atoms with Crippen molar-refractivity contribution in [3.8, 4) is 0 Å². The minimum Gasteiger partial charge on any atom is -0.398 e. The normalized spacial score (nSPS) is 20.7. The van der Waals surface area contributed by atoms with Gasteiger partial charge in [0.2, 0.25) is 10.0 Å². The molecule has 1 unspecified atom stereocenters. The molecule has 20 heavy (non-hydrogen) atoms. The van der Waals surface area contributed by atoms with Gasteiger partial charge in [-0.05, 0) is 44.6 Å². The van der Waals surface area contributed by atoms with Gasteiger partial charge in [0, 0.05) is 24.8 Å². The van der Waals surface area contributed by atoms with E-state index in [2.05, 4.69) is 4.90 Å². The Morgan fingerprint density at radius 3 is 2.60 bits per heavy atom. The van der Waals surface area contributed by atoms with Gasteiger partial charge in [0.05, 0.1) is 4.90 Å². The Labute approximate surface area is 121 Å². The molecule has 1 aliphatic heterocycles. The molecule has 1 aliphatic rings. The van der Waals surface area contributed by atoms with Crippen LogP contribution in [0.5, 0.6) is 0 Å². The Hall–Kier alpha value is -1.11. The summed E-state index contributed by atoms with van der Waals surface area (Å²) in [7, 11) is 0.536. The van der Waals surface area contributed by atoms with Crippen molar-refractivity contribution in [2.24, 2.45) is 0 Å². The zero-order chi connectivity index (χ0) is 14.9. The fourth-order valence-electron chi connectivity index (χ4n) is 2.55. The quantitative estimate of drug-likeness (QED) is 0.847. The number of anilines is 1. The van der Waals surface area contributed by atoms with Crippen LogP contribution in [0, 0.1) is 0 Å². The number of hydrogen-bond donors (Lipinski definition) is 1. The third-order valence-corrected chi connectivity index (χ3v) is 5.85. The number of aryl methyl sites for hydroxylation is 1. The van der Waals surface area contributed by atoms with Gasteiger partial charge in [0.15, 0.2) is 0 Å². The second-order valence-corrected chi connectivity index (χ2v) is 7.42. The number of nitrogens with two attached hydrogens (primary N) is 1. The fraction of sp³-hybridized carbons (Fsp3) is 0.571. The van der Waals surface area contributed by atoms with E-state index < -0.39 is 10.0 Å². The second-order valence-electron chi connectivity index (χ2n) is 5.48. The number of nitrogens with zero attached hydrogens (tertiary/aromatic N) is 2. The minimum atomic E-state index is -3.43. The van der Waals surface area contributed by atoms with Crippen LogP contribution >= 0.6 is 0 Å². The van der Waals surface area contributed by atoms with Gasteiger partial charge in [-0.15, -0.1) is 0 Å². The summed E-state index contributed by atoms with van der Waals surface area (Å²) in [6.07, 6.45) is 1.67. The molecule has 112 valence electrons. The van der Waals surface area contributed by atoms with Crippen LogP contribution in [-0.4, -0.2) is 50.8 Å². The van der Waals surface area contributed by atoms with Crippen LogP contribution < -0.4 is 5.73 Å². The Morgan fingerprint density at radius 1 is 1.40 bits per heavy atom. The van der Waals surface area contributed by atoms with Crippen LogP contribution in [0.25, 0.3) is 0 Å². The first-order chi connectivity index (χ1) is 9.36. The SMILES string of the molecule is CCc1ccc(S(=O)(=O)N2CCC(N(C)C)C2)cc1N. The summed E-state index contributed by atoms with van der Waals surface area (Å²) in [6.45, 7) is 3.12. The predicted molar refractivity (Wildman–Crippen MR) is 81.1 cm³/mol. The van der Waals surface area contributed by atoms with E-state index in [1.165, 1.54) is 0 Å². The zero-order valence-electron chi connectivity index (χ0n) is 12.3. The maximum atomic E-state index is 12.6. The number of nitrogen functional groups attached to an aromatic ring is 1. The molecule has 5 nitrogen and oxygen atoms in total. The molecule has 0 radical (unpaired) electrons. The van der Waals surface area contributed by atoms with Gasteiger partial charge in [-0.25, -0.2) is 8.42 Å². The molecule has 0 saturated carbocycles. The predicted octanol–water partition coefficient (Wildman–Crippen LogP) is 1.16. The van der Waals surface area contributed by atoms with Crippen molar-refractivity contribution in [3.05, 3.63) is 23.8 Å². The Morgan fingerprint density at radius 2 is 2.10 bits per heavy atom. The van der Waals surface area contributed by atoms with Crippen molar-refractivity contribution in [1.29, 1.82) is 0 Å². The molecule has 0 spiro atoms. The molecule has 1 heterocycles. The molecule has 1 aromatic rings. The molecule has 1 saturated heterocycles. The largest absolute Gasteiger partial charge is 0.398 e. The molecule has 0 aromatic heterocycles. The summed E-state index contributed by atoms with van der Waals surface area (Å²) >= 11 is 0. The van der Waals surface area contributed by atoms with Crippen molar-refractivity contribution in [1.82, 2.24) is 9.21 Å². The summed E-state index contributed by atoms with van der Waals surface area (Å²) < 4.78 is 26.8. The van der Waals surface area contributed by atoms with E-state index in [0.717, 1.165) is 18.4 Å². The van der Waals surface area contributed by atoms with E-state index >= 15 is 0 Å². The van der Waals surface area contributed by atoms with Gasteiger partial charge in [-0.2, -0.15) is 4.31 Å². The van der Waals surface area contributed by atoms with Crippen molar-refractivity contribution >= 4 is 15.7 Å². The molecule has 6 heteroatoms. The summed E-state index contributed by atoms with van der Waals surface area (Å²) in [5.74, 6) is 0. The minimum absolute atomic E-state index is 0.289. The fourth-order valence-corrected chi connectivity index (χ4v) is 4.08. The van der Waals surface area contributed by atoms with E-state index in [-0.39, 0.29) is 6.04 Å². The van der Waals surface area contributed by atoms with Crippen LogP contribution in [0.15, 0.2) is 23.1 Å². The lowest BCUT2D eigenvalue weighted by Crippen LogP contribution is -2.34. The van der Waals surface area contributed by atoms with Crippen molar-refractivity contribution in [2.75, 3.05) is 32.9 Å². The van der Waals surface area contributed by atoms with E-state index in [9.17, 15) is 8.42 Å². The molecule has 0 aliphatic carbocycles. The molecule has 2 N–H and O–H groups in total. The smallest absolute Gasteiger partial charge is 0.243 e. The topological polar surface area (TPSA) is 66.6 Å². The highest BCUT2D eigenvalue weighted by atomic mass is 32.2. The van der Waals surface area contributed by atoms with Crippen LogP contribution in [0.3, 0.4) is 0 Å². The van der Waals surface area contributed by atoms with Gasteiger partial charge >= 0.3 is 0 Å². The van der Waals surface area contributed by atoms with Gasteiger partial charge in [0.1, 0.15) is 0 Å². The lowest BCUT2D eigenvalue weighted by molar-refractivity contribution is 0.302. The van der Waals surface area contributed by atoms with Gasteiger partial charge in [-0.3, -0.25) is 0 Å². The molecular formula is C14H23N3O2S. The van der Waals surface area contributed by atoms with E-state index in [1.807, 2.05) is 27.1 Å². The highest BCUT2D eigenvalue weighted by Crippen LogP contribution is 2.25. The van der Waals surface area contributed by atoms with E-state index in [4.69, 9.17) is 5.73 Å². The number of sulfonamides is 1. The first-order valence-electron chi connectivity index (χ1n) is 6.91. The standard InChI is InChI=1S/C14H23N3O2S/c1-4-11-5-6-13(9-14(11)15)20(18,19)17-8-7-12(10-17)16(2)3/h5-6,9,12H,4,7-8,10,15H2,1-3H3. The summed E-state index contributed by atoms with van der Waals surface area (Å²) in [5.41, 5.74) is 7.45. The number of rotatable bonds is 4. The van der Waals surface area contributed by atoms with Crippen LogP contribution in [0.4, 0.5) is 5.69 Å². The zero-order valence-corrected chi connectivity index (χ0v) is 13.2. The molecule has 1 aromatic carbocycles. The average Bonchev–Trinajstić information content (AvgIpc) is 2.89. The number of benzene rings is 1. The lowest BCUT2D eigenvalue weighted by atomic mass is 10.1. The lowest BCUT2D eigenvalue weighted by Gasteiger charge is -2.20. The van der Waals surface area contributed by atoms with Crippen LogP contribution in [-0.2, 0) is 16.4 Å². The number of likely N-dealkylation sites (N-methyl/N-ethyl adjacent to an activating group) is 1. The van der Waals surface area contributed by atoms with E-state index in [1.54, 1.807) is 16.4 Å². The first kappa shape index (κ1) is 15.3. The molecule has 1 fully saturated rings. The summed E-state index contributed by atoms with van der Waals surface area (Å²) in [6, 6.07) is 5.34. The Bertz CT molecular complexity index is 584. The van der Waals surface area contributed by atoms with E-state index in [0.29, 0.717) is 23.7 Å². The van der Waals surface area contributed by atoms with Crippen LogP contribution in [0.2, 0.25) is 0 Å². The van der Waals surface area contributed by atoms with Crippen molar-refractivity contribution < 1.29 is 8.42 Å². The summed E-state index contributed by atoms with van der Waals surface area (Å²) in [4.78, 5) is 2.37. The number of hydrogen-bond acceptors (Lipinski definition) is 4. The van der Waals surface area contributed by atoms with Crippen LogP contribution in [0.1, 0.15) is 18.9 Å². The van der Waals surface area contributed by atoms with Crippen molar-refractivity contribution in [3.63, 3.8) is 0 Å². The van der Waals surface area contributed by atoms with Crippen molar-refractivity contribution in [2.45, 2.75) is 30.7 Å². The Balaban J connectivity index is 2.25. The van der Waals surface area contributed by atoms with Gasteiger partial charge < -0.3 is 10.6 Å². The highest BCUT2D eigenvalue weighted by molar-refractivity contribution is 7.89. The maximum Gasteiger partial charge on any atom is 0.243 e. The highest BCUT2D eigenvalue weighted by Gasteiger charge is 2.33. The monoisotopic (exact) mass is 297 g/mol. The Kier molecular flexibility index (Phi) is 4.36. The second kappa shape index (κ2) is 5.71. The molecule has 2 rings (SSSR count). The molecule has 0 bridgehead atoms. The molecule has 0 amide bonds. The van der Waals surface area contributed by atoms with Gasteiger partial charge in [-0.1, -0.05) is 13.0 Å². The molecule has 1 atom stereocenters. The third kappa shape index (κ3) is 2.82. The van der Waals surface area contributed by atoms with Gasteiger partial charge in [0.25, 0.3) is 0 Å².